The van der Waals surface area contributed by atoms with Gasteiger partial charge in [-0.15, -0.1) is 0 Å². The molecule has 0 spiro atoms. The van der Waals surface area contributed by atoms with Gasteiger partial charge in [-0.25, -0.2) is 0 Å². The van der Waals surface area contributed by atoms with E-state index in [1.165, 1.54) is 0 Å². The van der Waals surface area contributed by atoms with Gasteiger partial charge in [0, 0.05) is 11.5 Å². The number of halogens is 1. The number of ketones is 1. The smallest absolute Gasteiger partial charge is 0.231 e. The van der Waals surface area contributed by atoms with Crippen molar-refractivity contribution in [2.45, 2.75) is 20.8 Å². The lowest BCUT2D eigenvalue weighted by atomic mass is 9.90. The normalized spacial score (nSPS) is 14.2. The predicted molar refractivity (Wildman–Crippen MR) is 71.1 cm³/mol. The number of hydrogen-bond acceptors (Lipinski definition) is 3. The minimum Gasteiger partial charge on any atom is -0.454 e. The third kappa shape index (κ3) is 2.67. The standard InChI is InChI=1S/C14H15ClO3/c1-14(2,3)13(16)5-4-9-6-11-12(7-10(9)15)18-8-17-11/h4-7H,8H2,1-3H3/b5-4+. The number of ether oxygens (including phenoxy) is 2. The van der Waals surface area contributed by atoms with Crippen molar-refractivity contribution in [1.82, 2.24) is 0 Å². The van der Waals surface area contributed by atoms with Crippen LogP contribution in [0.15, 0.2) is 18.2 Å². The van der Waals surface area contributed by atoms with Gasteiger partial charge in [0.15, 0.2) is 17.3 Å². The minimum absolute atomic E-state index is 0.0521. The van der Waals surface area contributed by atoms with Crippen LogP contribution in [-0.2, 0) is 4.79 Å². The average Bonchev–Trinajstić information content (AvgIpc) is 2.70. The third-order valence-electron chi connectivity index (χ3n) is 2.65. The van der Waals surface area contributed by atoms with Gasteiger partial charge in [0.2, 0.25) is 6.79 Å². The van der Waals surface area contributed by atoms with E-state index in [1.54, 1.807) is 24.3 Å². The predicted octanol–water partition coefficient (Wildman–Crippen LogP) is 3.70. The molecule has 0 N–H and O–H groups in total. The molecule has 1 aromatic carbocycles. The van der Waals surface area contributed by atoms with Gasteiger partial charge in [-0.2, -0.15) is 0 Å². The SMILES string of the molecule is CC(C)(C)C(=O)/C=C/c1cc2c(cc1Cl)OCO2. The van der Waals surface area contributed by atoms with Crippen LogP contribution < -0.4 is 9.47 Å². The van der Waals surface area contributed by atoms with Crippen LogP contribution in [0.3, 0.4) is 0 Å². The molecule has 3 nitrogen and oxygen atoms in total. The number of fused-ring (bicyclic) bond motifs is 1. The molecule has 0 radical (unpaired) electrons. The Balaban J connectivity index is 2.25. The lowest BCUT2D eigenvalue weighted by molar-refractivity contribution is -0.121. The summed E-state index contributed by atoms with van der Waals surface area (Å²) in [6, 6.07) is 3.47. The van der Waals surface area contributed by atoms with Crippen molar-refractivity contribution in [3.8, 4) is 11.5 Å². The second-order valence-electron chi connectivity index (χ2n) is 5.17. The topological polar surface area (TPSA) is 35.5 Å². The average molecular weight is 267 g/mol. The van der Waals surface area contributed by atoms with Crippen LogP contribution in [0.5, 0.6) is 11.5 Å². The molecule has 1 aliphatic heterocycles. The number of rotatable bonds is 2. The molecule has 1 aromatic rings. The van der Waals surface area contributed by atoms with Gasteiger partial charge >= 0.3 is 0 Å². The zero-order chi connectivity index (χ0) is 13.3. The van der Waals surface area contributed by atoms with E-state index in [0.29, 0.717) is 16.5 Å². The molecule has 96 valence electrons. The first-order valence-corrected chi connectivity index (χ1v) is 6.07. The van der Waals surface area contributed by atoms with E-state index in [9.17, 15) is 4.79 Å². The summed E-state index contributed by atoms with van der Waals surface area (Å²) in [6.45, 7) is 5.84. The molecule has 4 heteroatoms. The highest BCUT2D eigenvalue weighted by Crippen LogP contribution is 2.37. The highest BCUT2D eigenvalue weighted by atomic mass is 35.5. The van der Waals surface area contributed by atoms with Crippen molar-refractivity contribution in [1.29, 1.82) is 0 Å². The highest BCUT2D eigenvalue weighted by molar-refractivity contribution is 6.32. The monoisotopic (exact) mass is 266 g/mol. The summed E-state index contributed by atoms with van der Waals surface area (Å²) in [5.74, 6) is 1.35. The molecule has 0 saturated heterocycles. The number of carbonyl (C=O) groups is 1. The lowest BCUT2D eigenvalue weighted by Gasteiger charge is -2.13. The molecule has 0 fully saturated rings. The Morgan fingerprint density at radius 3 is 2.50 bits per heavy atom. The molecular weight excluding hydrogens is 252 g/mol. The lowest BCUT2D eigenvalue weighted by Crippen LogP contribution is -2.17. The van der Waals surface area contributed by atoms with E-state index in [4.69, 9.17) is 21.1 Å². The van der Waals surface area contributed by atoms with E-state index in [2.05, 4.69) is 0 Å². The largest absolute Gasteiger partial charge is 0.454 e. The van der Waals surface area contributed by atoms with Crippen LogP contribution in [0.1, 0.15) is 26.3 Å². The van der Waals surface area contributed by atoms with E-state index >= 15 is 0 Å². The zero-order valence-electron chi connectivity index (χ0n) is 10.6. The Labute approximate surface area is 111 Å². The Morgan fingerprint density at radius 2 is 1.89 bits per heavy atom. The first kappa shape index (κ1) is 13.0. The molecule has 0 amide bonds. The van der Waals surface area contributed by atoms with Crippen molar-refractivity contribution in [3.63, 3.8) is 0 Å². The van der Waals surface area contributed by atoms with Crippen LogP contribution >= 0.6 is 11.6 Å². The van der Waals surface area contributed by atoms with Crippen LogP contribution in [0.2, 0.25) is 5.02 Å². The summed E-state index contributed by atoms with van der Waals surface area (Å²) in [7, 11) is 0. The van der Waals surface area contributed by atoms with E-state index in [1.807, 2.05) is 20.8 Å². The molecule has 1 aliphatic rings. The van der Waals surface area contributed by atoms with Crippen LogP contribution in [0, 0.1) is 5.41 Å². The molecule has 18 heavy (non-hydrogen) atoms. The van der Waals surface area contributed by atoms with Crippen LogP contribution in [0.4, 0.5) is 0 Å². The summed E-state index contributed by atoms with van der Waals surface area (Å²) < 4.78 is 10.5. The highest BCUT2D eigenvalue weighted by Gasteiger charge is 2.19. The molecule has 0 saturated carbocycles. The molecule has 0 atom stereocenters. The fourth-order valence-corrected chi connectivity index (χ4v) is 1.69. The number of carbonyl (C=O) groups excluding carboxylic acids is 1. The van der Waals surface area contributed by atoms with Gasteiger partial charge in [-0.3, -0.25) is 4.79 Å². The Hall–Kier alpha value is -1.48. The van der Waals surface area contributed by atoms with E-state index in [-0.39, 0.29) is 18.0 Å². The first-order valence-electron chi connectivity index (χ1n) is 5.69. The maximum atomic E-state index is 11.8. The summed E-state index contributed by atoms with van der Waals surface area (Å²) in [6.07, 6.45) is 3.25. The Bertz CT molecular complexity index is 513. The quantitative estimate of drug-likeness (QED) is 0.766. The van der Waals surface area contributed by atoms with Crippen molar-refractivity contribution in [2.24, 2.45) is 5.41 Å². The maximum Gasteiger partial charge on any atom is 0.231 e. The minimum atomic E-state index is -0.390. The van der Waals surface area contributed by atoms with Crippen molar-refractivity contribution < 1.29 is 14.3 Å². The second kappa shape index (κ2) is 4.65. The summed E-state index contributed by atoms with van der Waals surface area (Å²) in [5, 5.41) is 0.539. The van der Waals surface area contributed by atoms with Gasteiger partial charge in [0.05, 0.1) is 5.02 Å². The number of benzene rings is 1. The Morgan fingerprint density at radius 1 is 1.28 bits per heavy atom. The molecule has 1 heterocycles. The fourth-order valence-electron chi connectivity index (χ4n) is 1.48. The van der Waals surface area contributed by atoms with Crippen molar-refractivity contribution in [2.75, 3.05) is 6.79 Å². The number of hydrogen-bond donors (Lipinski definition) is 0. The van der Waals surface area contributed by atoms with Gasteiger partial charge in [0.25, 0.3) is 0 Å². The first-order chi connectivity index (χ1) is 8.38. The van der Waals surface area contributed by atoms with E-state index < -0.39 is 0 Å². The van der Waals surface area contributed by atoms with Crippen molar-refractivity contribution in [3.05, 3.63) is 28.8 Å². The van der Waals surface area contributed by atoms with Gasteiger partial charge in [0.1, 0.15) is 0 Å². The van der Waals surface area contributed by atoms with Gasteiger partial charge in [-0.1, -0.05) is 32.4 Å². The fraction of sp³-hybridized carbons (Fsp3) is 0.357. The third-order valence-corrected chi connectivity index (χ3v) is 2.97. The summed E-state index contributed by atoms with van der Waals surface area (Å²) in [5.41, 5.74) is 0.359. The van der Waals surface area contributed by atoms with Crippen LogP contribution in [0.25, 0.3) is 6.08 Å². The zero-order valence-corrected chi connectivity index (χ0v) is 11.4. The molecule has 0 unspecified atom stereocenters. The molecule has 0 bridgehead atoms. The summed E-state index contributed by atoms with van der Waals surface area (Å²) >= 11 is 6.11. The van der Waals surface area contributed by atoms with Gasteiger partial charge in [-0.05, 0) is 23.8 Å². The van der Waals surface area contributed by atoms with E-state index in [0.717, 1.165) is 5.56 Å². The summed E-state index contributed by atoms with van der Waals surface area (Å²) in [4.78, 5) is 11.8. The second-order valence-corrected chi connectivity index (χ2v) is 5.58. The molecule has 0 aromatic heterocycles. The Kier molecular flexibility index (Phi) is 3.35. The van der Waals surface area contributed by atoms with Gasteiger partial charge < -0.3 is 9.47 Å². The molecule has 0 aliphatic carbocycles. The molecular formula is C14H15ClO3. The number of allylic oxidation sites excluding steroid dienone is 1. The molecule has 2 rings (SSSR count). The van der Waals surface area contributed by atoms with Crippen LogP contribution in [-0.4, -0.2) is 12.6 Å². The van der Waals surface area contributed by atoms with Crippen molar-refractivity contribution >= 4 is 23.5 Å². The maximum absolute atomic E-state index is 11.8.